The van der Waals surface area contributed by atoms with Crippen molar-refractivity contribution < 1.29 is 22.7 Å². The van der Waals surface area contributed by atoms with Crippen molar-refractivity contribution in [2.24, 2.45) is 0 Å². The van der Waals surface area contributed by atoms with Crippen molar-refractivity contribution in [1.29, 1.82) is 0 Å². The lowest BCUT2D eigenvalue weighted by Crippen LogP contribution is -2.23. The minimum Gasteiger partial charge on any atom is -0.495 e. The first-order valence-corrected chi connectivity index (χ1v) is 11.2. The molecular weight excluding hydrogens is 472 g/mol. The van der Waals surface area contributed by atoms with Gasteiger partial charge in [0.15, 0.2) is 6.61 Å². The molecule has 0 aromatic heterocycles. The van der Waals surface area contributed by atoms with Crippen LogP contribution in [0.25, 0.3) is 10.8 Å². The monoisotopic (exact) mass is 492 g/mol. The predicted octanol–water partition coefficient (Wildman–Crippen LogP) is 3.88. The van der Waals surface area contributed by atoms with Crippen molar-refractivity contribution in [1.82, 2.24) is 4.31 Å². The maximum Gasteiger partial charge on any atom is 0.262 e. The fourth-order valence-electron chi connectivity index (χ4n) is 2.78. The van der Waals surface area contributed by atoms with Gasteiger partial charge in [0.25, 0.3) is 5.91 Å². The maximum absolute atomic E-state index is 12.4. The molecule has 3 rings (SSSR count). The molecule has 1 amide bonds. The number of methoxy groups -OCH3 is 1. The molecule has 0 heterocycles. The molecule has 158 valence electrons. The number of nitrogens with one attached hydrogen (secondary N) is 1. The highest BCUT2D eigenvalue weighted by molar-refractivity contribution is 9.10. The first kappa shape index (κ1) is 22.1. The van der Waals surface area contributed by atoms with E-state index in [1.54, 1.807) is 6.07 Å². The summed E-state index contributed by atoms with van der Waals surface area (Å²) in [6.07, 6.45) is 0. The Morgan fingerprint density at radius 1 is 1.03 bits per heavy atom. The zero-order valence-electron chi connectivity index (χ0n) is 16.7. The summed E-state index contributed by atoms with van der Waals surface area (Å²) in [5, 5.41) is 4.68. The molecule has 0 saturated heterocycles. The van der Waals surface area contributed by atoms with E-state index in [2.05, 4.69) is 21.2 Å². The summed E-state index contributed by atoms with van der Waals surface area (Å²) in [5.74, 6) is 0.455. The number of nitrogens with zero attached hydrogens (tertiary/aromatic N) is 1. The van der Waals surface area contributed by atoms with Gasteiger partial charge < -0.3 is 14.8 Å². The van der Waals surface area contributed by atoms with Gasteiger partial charge in [-0.25, -0.2) is 12.7 Å². The minimum atomic E-state index is -3.65. The third-order valence-corrected chi connectivity index (χ3v) is 6.67. The molecule has 1 N–H and O–H groups in total. The molecule has 9 heteroatoms. The van der Waals surface area contributed by atoms with Gasteiger partial charge in [-0.1, -0.05) is 28.1 Å². The smallest absolute Gasteiger partial charge is 0.262 e. The number of hydrogen-bond donors (Lipinski definition) is 1. The Morgan fingerprint density at radius 2 is 1.73 bits per heavy atom. The topological polar surface area (TPSA) is 84.9 Å². The molecular formula is C21H21BrN2O5S. The van der Waals surface area contributed by atoms with E-state index >= 15 is 0 Å². The summed E-state index contributed by atoms with van der Waals surface area (Å²) in [4.78, 5) is 12.4. The lowest BCUT2D eigenvalue weighted by Gasteiger charge is -2.15. The van der Waals surface area contributed by atoms with Gasteiger partial charge in [-0.2, -0.15) is 0 Å². The minimum absolute atomic E-state index is 0.0465. The van der Waals surface area contributed by atoms with Gasteiger partial charge in [0.1, 0.15) is 11.5 Å². The highest BCUT2D eigenvalue weighted by Gasteiger charge is 2.20. The number of ether oxygens (including phenoxy) is 2. The van der Waals surface area contributed by atoms with Crippen LogP contribution < -0.4 is 14.8 Å². The van der Waals surface area contributed by atoms with Crippen molar-refractivity contribution in [2.45, 2.75) is 4.90 Å². The van der Waals surface area contributed by atoms with Crippen molar-refractivity contribution in [2.75, 3.05) is 33.1 Å². The number of fused-ring (bicyclic) bond motifs is 1. The number of hydrogen-bond acceptors (Lipinski definition) is 5. The summed E-state index contributed by atoms with van der Waals surface area (Å²) < 4.78 is 37.6. The van der Waals surface area contributed by atoms with Gasteiger partial charge in [-0.3, -0.25) is 4.79 Å². The van der Waals surface area contributed by atoms with Crippen LogP contribution in [0.15, 0.2) is 64.0 Å². The summed E-state index contributed by atoms with van der Waals surface area (Å²) in [6.45, 7) is -0.240. The quantitative estimate of drug-likeness (QED) is 0.540. The second-order valence-electron chi connectivity index (χ2n) is 6.64. The van der Waals surface area contributed by atoms with Gasteiger partial charge in [0.05, 0.1) is 17.7 Å². The largest absolute Gasteiger partial charge is 0.495 e. The zero-order chi connectivity index (χ0) is 21.9. The van der Waals surface area contributed by atoms with Gasteiger partial charge in [0, 0.05) is 18.6 Å². The molecule has 30 heavy (non-hydrogen) atoms. The van der Waals surface area contributed by atoms with Crippen LogP contribution in [0.2, 0.25) is 0 Å². The zero-order valence-corrected chi connectivity index (χ0v) is 19.1. The van der Waals surface area contributed by atoms with Crippen LogP contribution in [-0.2, 0) is 14.8 Å². The summed E-state index contributed by atoms with van der Waals surface area (Å²) in [7, 11) is 0.669. The number of halogens is 1. The Kier molecular flexibility index (Phi) is 6.64. The number of anilines is 1. The molecule has 0 radical (unpaired) electrons. The summed E-state index contributed by atoms with van der Waals surface area (Å²) in [5.41, 5.74) is 0.248. The third-order valence-electron chi connectivity index (χ3n) is 4.37. The Balaban J connectivity index is 1.73. The molecule has 0 fully saturated rings. The normalized spacial score (nSPS) is 11.5. The van der Waals surface area contributed by atoms with E-state index in [9.17, 15) is 13.2 Å². The van der Waals surface area contributed by atoms with Crippen molar-refractivity contribution in [3.05, 3.63) is 59.1 Å². The lowest BCUT2D eigenvalue weighted by atomic mass is 10.1. The van der Waals surface area contributed by atoms with Crippen LogP contribution in [0.5, 0.6) is 11.5 Å². The molecule has 0 aliphatic rings. The number of benzene rings is 3. The second-order valence-corrected chi connectivity index (χ2v) is 9.71. The number of amides is 1. The van der Waals surface area contributed by atoms with E-state index in [4.69, 9.17) is 9.47 Å². The molecule has 0 aliphatic carbocycles. The average Bonchev–Trinajstić information content (AvgIpc) is 2.72. The van der Waals surface area contributed by atoms with E-state index in [0.717, 1.165) is 19.6 Å². The summed E-state index contributed by atoms with van der Waals surface area (Å²) >= 11 is 3.43. The third kappa shape index (κ3) is 4.92. The molecule has 0 unspecified atom stereocenters. The van der Waals surface area contributed by atoms with Crippen molar-refractivity contribution in [3.63, 3.8) is 0 Å². The van der Waals surface area contributed by atoms with Crippen LogP contribution in [-0.4, -0.2) is 46.4 Å². The maximum atomic E-state index is 12.4. The molecule has 0 spiro atoms. The first-order chi connectivity index (χ1) is 14.2. The molecule has 0 atom stereocenters. The predicted molar refractivity (Wildman–Crippen MR) is 120 cm³/mol. The Hall–Kier alpha value is -2.62. The molecule has 0 bridgehead atoms. The first-order valence-electron chi connectivity index (χ1n) is 8.93. The number of carbonyl (C=O) groups is 1. The summed E-state index contributed by atoms with van der Waals surface area (Å²) in [6, 6.07) is 15.7. The van der Waals surface area contributed by atoms with Gasteiger partial charge in [-0.05, 0) is 53.2 Å². The van der Waals surface area contributed by atoms with Crippen molar-refractivity contribution in [3.8, 4) is 11.5 Å². The van der Waals surface area contributed by atoms with Crippen LogP contribution in [0.4, 0.5) is 5.69 Å². The highest BCUT2D eigenvalue weighted by Crippen LogP contribution is 2.29. The SMILES string of the molecule is COc1ccc(S(=O)(=O)N(C)C)cc1NC(=O)COc1ccc2cc(Br)ccc2c1. The number of sulfonamides is 1. The van der Waals surface area contributed by atoms with E-state index < -0.39 is 15.9 Å². The fraction of sp³-hybridized carbons (Fsp3) is 0.190. The van der Waals surface area contributed by atoms with Crippen LogP contribution in [0.3, 0.4) is 0 Å². The molecule has 3 aromatic carbocycles. The molecule has 7 nitrogen and oxygen atoms in total. The highest BCUT2D eigenvalue weighted by atomic mass is 79.9. The van der Waals surface area contributed by atoms with E-state index in [1.807, 2.05) is 30.3 Å². The molecule has 0 saturated carbocycles. The second kappa shape index (κ2) is 9.03. The van der Waals surface area contributed by atoms with Crippen LogP contribution in [0.1, 0.15) is 0 Å². The Labute approximate surface area is 183 Å². The van der Waals surface area contributed by atoms with Crippen LogP contribution >= 0.6 is 15.9 Å². The number of carbonyl (C=O) groups excluding carboxylic acids is 1. The number of rotatable bonds is 7. The van der Waals surface area contributed by atoms with Crippen molar-refractivity contribution >= 4 is 48.3 Å². The standard InChI is InChI=1S/C21H21BrN2O5S/c1-24(2)30(26,27)18-8-9-20(28-3)19(12-18)23-21(25)13-29-17-7-5-14-10-16(22)6-4-15(14)11-17/h4-12H,13H2,1-3H3,(H,23,25). The van der Waals surface area contributed by atoms with Crippen LogP contribution in [0, 0.1) is 0 Å². The molecule has 0 aliphatic heterocycles. The van der Waals surface area contributed by atoms with E-state index in [1.165, 1.54) is 39.4 Å². The van der Waals surface area contributed by atoms with Gasteiger partial charge in [-0.15, -0.1) is 0 Å². The Morgan fingerprint density at radius 3 is 2.43 bits per heavy atom. The Bertz CT molecular complexity index is 1200. The van der Waals surface area contributed by atoms with Gasteiger partial charge >= 0.3 is 0 Å². The van der Waals surface area contributed by atoms with Gasteiger partial charge in [0.2, 0.25) is 10.0 Å². The fourth-order valence-corrected chi connectivity index (χ4v) is 4.08. The van der Waals surface area contributed by atoms with E-state index in [0.29, 0.717) is 11.5 Å². The van der Waals surface area contributed by atoms with E-state index in [-0.39, 0.29) is 17.2 Å². The average molecular weight is 493 g/mol. The lowest BCUT2D eigenvalue weighted by molar-refractivity contribution is -0.118. The molecule has 3 aromatic rings.